The van der Waals surface area contributed by atoms with Crippen LogP contribution in [0, 0.1) is 5.82 Å². The smallest absolute Gasteiger partial charge is 0.276 e. The molecule has 3 fully saturated rings. The molecule has 180 valence electrons. The van der Waals surface area contributed by atoms with Crippen molar-refractivity contribution in [2.45, 2.75) is 57.6 Å². The summed E-state index contributed by atoms with van der Waals surface area (Å²) in [5.74, 6) is -2.61. The summed E-state index contributed by atoms with van der Waals surface area (Å²) in [4.78, 5) is 43.6. The average molecular weight is 491 g/mol. The monoisotopic (exact) mass is 490 g/mol. The number of hydrogen-bond acceptors (Lipinski definition) is 6. The van der Waals surface area contributed by atoms with Crippen molar-refractivity contribution in [1.29, 1.82) is 0 Å². The van der Waals surface area contributed by atoms with Gasteiger partial charge in [-0.25, -0.2) is 4.39 Å². The molecular weight excluding hydrogens is 467 g/mol. The number of halogens is 2. The maximum Gasteiger partial charge on any atom is 0.276 e. The number of aliphatic hydroxyl groups is 2. The van der Waals surface area contributed by atoms with Crippen LogP contribution in [0.5, 0.6) is 0 Å². The highest BCUT2D eigenvalue weighted by atomic mass is 35.5. The van der Waals surface area contributed by atoms with Crippen molar-refractivity contribution in [2.24, 2.45) is 0 Å². The second-order valence-corrected chi connectivity index (χ2v) is 9.42. The quantitative estimate of drug-likeness (QED) is 0.590. The van der Waals surface area contributed by atoms with Crippen molar-refractivity contribution in [3.8, 4) is 0 Å². The van der Waals surface area contributed by atoms with Crippen molar-refractivity contribution < 1.29 is 29.0 Å². The van der Waals surface area contributed by atoms with Crippen molar-refractivity contribution in [3.63, 3.8) is 0 Å². The Morgan fingerprint density at radius 2 is 2.06 bits per heavy atom. The zero-order chi connectivity index (χ0) is 24.5. The van der Waals surface area contributed by atoms with Crippen LogP contribution in [-0.4, -0.2) is 73.5 Å². The zero-order valence-electron chi connectivity index (χ0n) is 18.6. The van der Waals surface area contributed by atoms with Gasteiger partial charge in [-0.15, -0.1) is 0 Å². The molecule has 0 aliphatic carbocycles. The Kier molecular flexibility index (Phi) is 5.33. The normalized spacial score (nSPS) is 27.9. The van der Waals surface area contributed by atoms with Gasteiger partial charge in [-0.1, -0.05) is 23.7 Å². The third-order valence-corrected chi connectivity index (χ3v) is 7.36. The van der Waals surface area contributed by atoms with Gasteiger partial charge in [0.1, 0.15) is 23.8 Å². The summed E-state index contributed by atoms with van der Waals surface area (Å²) in [7, 11) is 0. The number of fused-ring (bicyclic) bond motifs is 2. The molecule has 5 rings (SSSR count). The number of nitrogens with zero attached hydrogens (tertiary/aromatic N) is 3. The van der Waals surface area contributed by atoms with E-state index in [4.69, 9.17) is 11.6 Å². The van der Waals surface area contributed by atoms with Crippen molar-refractivity contribution in [2.75, 3.05) is 6.54 Å². The van der Waals surface area contributed by atoms with Gasteiger partial charge in [-0.05, 0) is 25.8 Å². The summed E-state index contributed by atoms with van der Waals surface area (Å²) in [6.07, 6.45) is -1.35. The first-order chi connectivity index (χ1) is 16.1. The summed E-state index contributed by atoms with van der Waals surface area (Å²) in [5, 5.41) is 24.2. The molecule has 4 aliphatic heterocycles. The molecular formula is C23H24ClFN4O5. The van der Waals surface area contributed by atoms with E-state index in [-0.39, 0.29) is 46.4 Å². The van der Waals surface area contributed by atoms with E-state index in [0.717, 1.165) is 0 Å². The van der Waals surface area contributed by atoms with Gasteiger partial charge >= 0.3 is 0 Å². The van der Waals surface area contributed by atoms with Crippen molar-refractivity contribution in [3.05, 3.63) is 57.3 Å². The Balaban J connectivity index is 1.50. The Morgan fingerprint density at radius 1 is 1.32 bits per heavy atom. The van der Waals surface area contributed by atoms with Crippen LogP contribution >= 0.6 is 11.6 Å². The molecule has 9 nitrogen and oxygen atoms in total. The van der Waals surface area contributed by atoms with Crippen LogP contribution in [0.25, 0.3) is 0 Å². The fraction of sp³-hybridized carbons (Fsp3) is 0.435. The predicted octanol–water partition coefficient (Wildman–Crippen LogP) is 1.38. The summed E-state index contributed by atoms with van der Waals surface area (Å²) < 4.78 is 14.2. The van der Waals surface area contributed by atoms with Gasteiger partial charge in [0.25, 0.3) is 11.8 Å². The predicted molar refractivity (Wildman–Crippen MR) is 118 cm³/mol. The Bertz CT molecular complexity index is 1180. The number of hydrogen-bond donors (Lipinski definition) is 3. The number of aliphatic hydroxyl groups excluding tert-OH is 2. The lowest BCUT2D eigenvalue weighted by Crippen LogP contribution is -2.62. The van der Waals surface area contributed by atoms with Gasteiger partial charge in [0.15, 0.2) is 5.76 Å². The highest BCUT2D eigenvalue weighted by molar-refractivity contribution is 6.30. The van der Waals surface area contributed by atoms with Crippen LogP contribution in [0.1, 0.15) is 32.3 Å². The first-order valence-corrected chi connectivity index (χ1v) is 11.5. The molecule has 11 heteroatoms. The summed E-state index contributed by atoms with van der Waals surface area (Å²) >= 11 is 5.80. The maximum absolute atomic E-state index is 14.2. The van der Waals surface area contributed by atoms with E-state index in [9.17, 15) is 29.0 Å². The Morgan fingerprint density at radius 3 is 2.76 bits per heavy atom. The van der Waals surface area contributed by atoms with Gasteiger partial charge in [0.05, 0.1) is 16.6 Å². The molecule has 0 bridgehead atoms. The number of nitrogens with one attached hydrogen (secondary N) is 1. The second-order valence-electron chi connectivity index (χ2n) is 9.01. The Hall–Kier alpha value is -3.11. The van der Waals surface area contributed by atoms with E-state index in [1.165, 1.54) is 19.1 Å². The minimum atomic E-state index is -1.70. The number of piperazine rings is 1. The van der Waals surface area contributed by atoms with Crippen LogP contribution < -0.4 is 5.32 Å². The molecule has 3 N–H and O–H groups in total. The second kappa shape index (κ2) is 7.99. The zero-order valence-corrected chi connectivity index (χ0v) is 19.3. The van der Waals surface area contributed by atoms with E-state index >= 15 is 0 Å². The third-order valence-electron chi connectivity index (χ3n) is 7.07. The van der Waals surface area contributed by atoms with E-state index in [0.29, 0.717) is 25.1 Å². The highest BCUT2D eigenvalue weighted by Gasteiger charge is 2.58. The molecule has 0 aromatic heterocycles. The van der Waals surface area contributed by atoms with E-state index in [1.807, 2.05) is 6.92 Å². The first-order valence-electron chi connectivity index (χ1n) is 11.1. The lowest BCUT2D eigenvalue weighted by Gasteiger charge is -2.48. The molecule has 34 heavy (non-hydrogen) atoms. The molecule has 4 atom stereocenters. The number of carbonyl (C=O) groups excluding carboxylic acids is 3. The lowest BCUT2D eigenvalue weighted by molar-refractivity contribution is -0.144. The lowest BCUT2D eigenvalue weighted by atomic mass is 9.95. The number of rotatable bonds is 3. The highest BCUT2D eigenvalue weighted by Crippen LogP contribution is 2.48. The van der Waals surface area contributed by atoms with Gasteiger partial charge in [0, 0.05) is 37.3 Å². The van der Waals surface area contributed by atoms with Crippen LogP contribution in [-0.2, 0) is 20.9 Å². The molecule has 4 aliphatic rings. The van der Waals surface area contributed by atoms with Crippen molar-refractivity contribution >= 4 is 29.3 Å². The molecule has 3 saturated heterocycles. The summed E-state index contributed by atoms with van der Waals surface area (Å²) in [6.45, 7) is 3.47. The van der Waals surface area contributed by atoms with E-state index < -0.39 is 35.7 Å². The van der Waals surface area contributed by atoms with Crippen LogP contribution in [0.4, 0.5) is 4.39 Å². The first kappa shape index (κ1) is 22.7. The Labute approximate surface area is 200 Å². The summed E-state index contributed by atoms with van der Waals surface area (Å²) in [6, 6.07) is 3.81. The van der Waals surface area contributed by atoms with Crippen LogP contribution in [0.2, 0.25) is 5.02 Å². The standard InChI is InChI=1S/C23H24ClFN4O5/c1-10-9-27(11(2)30)22-15-7-6-14-16(19(31)20(32)18(29(14)15)23(34)28(10)22)21(33)26-8-12-4-3-5-13(24)17(12)25/h3-5,10,15,19,22,31-32H,6-9H2,1-2H3,(H,26,33)/t10-,15?,19?,22?/m0/s1. The molecule has 3 amide bonds. The van der Waals surface area contributed by atoms with E-state index in [2.05, 4.69) is 5.32 Å². The molecule has 0 radical (unpaired) electrons. The van der Waals surface area contributed by atoms with Crippen LogP contribution in [0.15, 0.2) is 40.9 Å². The molecule has 1 aromatic carbocycles. The molecule has 0 spiro atoms. The largest absolute Gasteiger partial charge is 0.507 e. The SMILES string of the molecule is CC(=O)N1C[C@H](C)N2C(=O)C3=C(O)C(O)C(C(=O)NCc4cccc(Cl)c4F)=C4CCC(C12)N43. The van der Waals surface area contributed by atoms with Crippen molar-refractivity contribution in [1.82, 2.24) is 20.0 Å². The molecule has 1 aromatic rings. The maximum atomic E-state index is 14.2. The third kappa shape index (κ3) is 3.12. The number of carbonyl (C=O) groups is 3. The van der Waals surface area contributed by atoms with Gasteiger partial charge in [0.2, 0.25) is 5.91 Å². The summed E-state index contributed by atoms with van der Waals surface area (Å²) in [5.41, 5.74) is 0.441. The molecule has 3 unspecified atom stereocenters. The number of allylic oxidation sites excluding steroid dienone is 1. The average Bonchev–Trinajstić information content (AvgIpc) is 3.36. The van der Waals surface area contributed by atoms with Gasteiger partial charge < -0.3 is 30.2 Å². The number of benzene rings is 1. The minimum absolute atomic E-state index is 0.0593. The number of amides is 3. The van der Waals surface area contributed by atoms with Crippen LogP contribution in [0.3, 0.4) is 0 Å². The van der Waals surface area contributed by atoms with Gasteiger partial charge in [-0.3, -0.25) is 14.4 Å². The molecule has 4 heterocycles. The fourth-order valence-electron chi connectivity index (χ4n) is 5.59. The molecule has 0 saturated carbocycles. The van der Waals surface area contributed by atoms with Gasteiger partial charge in [-0.2, -0.15) is 0 Å². The topological polar surface area (TPSA) is 113 Å². The van der Waals surface area contributed by atoms with E-state index in [1.54, 1.807) is 20.8 Å². The minimum Gasteiger partial charge on any atom is -0.507 e. The fourth-order valence-corrected chi connectivity index (χ4v) is 5.79.